The Labute approximate surface area is 176 Å². The largest absolute Gasteiger partial charge is 0.418 e. The maximum absolute atomic E-state index is 13.7. The second kappa shape index (κ2) is 6.27. The zero-order chi connectivity index (χ0) is 22.8. The van der Waals surface area contributed by atoms with Crippen LogP contribution in [0, 0.1) is 28.1 Å². The third-order valence-electron chi connectivity index (χ3n) is 7.35. The van der Waals surface area contributed by atoms with Gasteiger partial charge < -0.3 is 5.32 Å². The predicted molar refractivity (Wildman–Crippen MR) is 104 cm³/mol. The Bertz CT molecular complexity index is 1210. The lowest BCUT2D eigenvalue weighted by Gasteiger charge is -2.39. The molecule has 2 bridgehead atoms. The van der Waals surface area contributed by atoms with Gasteiger partial charge in [-0.25, -0.2) is 9.97 Å². The van der Waals surface area contributed by atoms with Crippen LogP contribution in [0.2, 0.25) is 0 Å². The monoisotopic (exact) mass is 425 g/mol. The summed E-state index contributed by atoms with van der Waals surface area (Å²) >= 11 is 0. The lowest BCUT2D eigenvalue weighted by Crippen LogP contribution is -2.48. The summed E-state index contributed by atoms with van der Waals surface area (Å²) in [4.78, 5) is 22.4. The average Bonchev–Trinajstić information content (AvgIpc) is 3.01. The Kier molecular flexibility index (Phi) is 4.21. The van der Waals surface area contributed by atoms with Crippen LogP contribution >= 0.6 is 0 Å². The van der Waals surface area contributed by atoms with Gasteiger partial charge in [-0.1, -0.05) is 32.9 Å². The summed E-state index contributed by atoms with van der Waals surface area (Å²) in [5.74, 6) is -0.625. The summed E-state index contributed by atoms with van der Waals surface area (Å²) in [7, 11) is 0. The molecule has 31 heavy (non-hydrogen) atoms. The fraction of sp³-hybridized carbons (Fsp3) is 0.409. The number of carbonyl (C=O) groups excluding carboxylic acids is 1. The molecule has 2 aliphatic rings. The molecule has 1 heterocycles. The Balaban J connectivity index is 1.90. The van der Waals surface area contributed by atoms with E-state index in [0.717, 1.165) is 6.07 Å². The number of halogens is 3. The van der Waals surface area contributed by atoms with Gasteiger partial charge >= 0.3 is 6.18 Å². The molecule has 0 saturated heterocycles. The number of nitrogens with zero attached hydrogens (tertiary/aromatic N) is 4. The molecule has 158 valence electrons. The minimum Gasteiger partial charge on any atom is -0.325 e. The maximum Gasteiger partial charge on any atom is 0.418 e. The van der Waals surface area contributed by atoms with Crippen LogP contribution in [0.15, 0.2) is 24.3 Å². The van der Waals surface area contributed by atoms with Crippen molar-refractivity contribution in [3.8, 4) is 12.1 Å². The molecule has 1 amide bonds. The highest BCUT2D eigenvalue weighted by atomic mass is 19.4. The van der Waals surface area contributed by atoms with Crippen molar-refractivity contribution in [2.45, 2.75) is 50.6 Å². The van der Waals surface area contributed by atoms with E-state index in [-0.39, 0.29) is 22.8 Å². The topological polar surface area (TPSA) is 102 Å². The fourth-order valence-electron chi connectivity index (χ4n) is 5.21. The zero-order valence-corrected chi connectivity index (χ0v) is 17.1. The molecule has 2 atom stereocenters. The van der Waals surface area contributed by atoms with E-state index >= 15 is 0 Å². The van der Waals surface area contributed by atoms with Gasteiger partial charge in [-0.05, 0) is 30.4 Å². The highest BCUT2D eigenvalue weighted by Crippen LogP contribution is 2.70. The molecule has 0 spiro atoms. The maximum atomic E-state index is 13.7. The van der Waals surface area contributed by atoms with Crippen molar-refractivity contribution in [1.82, 2.24) is 9.97 Å². The van der Waals surface area contributed by atoms with Gasteiger partial charge in [-0.2, -0.15) is 23.7 Å². The van der Waals surface area contributed by atoms with Gasteiger partial charge in [-0.3, -0.25) is 4.79 Å². The number of fused-ring (bicyclic) bond motifs is 5. The smallest absolute Gasteiger partial charge is 0.325 e. The van der Waals surface area contributed by atoms with Crippen LogP contribution in [-0.2, 0) is 21.8 Å². The lowest BCUT2D eigenvalue weighted by atomic mass is 9.63. The van der Waals surface area contributed by atoms with E-state index in [9.17, 15) is 28.5 Å². The molecular formula is C22H18F3N5O. The molecule has 1 N–H and O–H groups in total. The Morgan fingerprint density at radius 1 is 1.03 bits per heavy atom. The minimum absolute atomic E-state index is 0.121. The van der Waals surface area contributed by atoms with Crippen molar-refractivity contribution in [1.29, 1.82) is 10.5 Å². The summed E-state index contributed by atoms with van der Waals surface area (Å²) < 4.78 is 40.4. The number of nitrogens with one attached hydrogen (secondary N) is 1. The second-order valence-corrected chi connectivity index (χ2v) is 8.70. The molecule has 2 aromatic rings. The van der Waals surface area contributed by atoms with Crippen LogP contribution < -0.4 is 5.32 Å². The number of alkyl halides is 3. The molecular weight excluding hydrogens is 407 g/mol. The number of nitriles is 2. The van der Waals surface area contributed by atoms with Gasteiger partial charge in [0.2, 0.25) is 5.91 Å². The molecule has 6 nitrogen and oxygen atoms in total. The zero-order valence-electron chi connectivity index (χ0n) is 17.1. The van der Waals surface area contributed by atoms with Crippen molar-refractivity contribution in [3.05, 3.63) is 52.6 Å². The van der Waals surface area contributed by atoms with E-state index < -0.39 is 33.9 Å². The first kappa shape index (κ1) is 20.8. The molecule has 1 aromatic carbocycles. The summed E-state index contributed by atoms with van der Waals surface area (Å²) in [5, 5.41) is 21.2. The number of amides is 1. The number of benzene rings is 1. The first-order valence-corrected chi connectivity index (χ1v) is 9.65. The van der Waals surface area contributed by atoms with Crippen molar-refractivity contribution >= 4 is 11.6 Å². The third-order valence-corrected chi connectivity index (χ3v) is 7.35. The summed E-state index contributed by atoms with van der Waals surface area (Å²) in [6.07, 6.45) is -3.74. The summed E-state index contributed by atoms with van der Waals surface area (Å²) in [6.45, 7) is 5.63. The Morgan fingerprint density at radius 2 is 1.61 bits per heavy atom. The molecule has 1 fully saturated rings. The molecule has 0 aliphatic heterocycles. The number of hydrogen-bond donors (Lipinski definition) is 1. The van der Waals surface area contributed by atoms with Gasteiger partial charge in [0.1, 0.15) is 12.1 Å². The van der Waals surface area contributed by atoms with Crippen LogP contribution in [0.3, 0.4) is 0 Å². The molecule has 9 heteroatoms. The molecule has 1 saturated carbocycles. The van der Waals surface area contributed by atoms with Crippen molar-refractivity contribution in [3.63, 3.8) is 0 Å². The fourth-order valence-corrected chi connectivity index (χ4v) is 5.21. The van der Waals surface area contributed by atoms with E-state index in [0.29, 0.717) is 18.5 Å². The van der Waals surface area contributed by atoms with Gasteiger partial charge in [0.25, 0.3) is 0 Å². The summed E-state index contributed by atoms with van der Waals surface area (Å²) in [6, 6.07) is 8.49. The number of anilines is 1. The average molecular weight is 425 g/mol. The first-order valence-electron chi connectivity index (χ1n) is 9.65. The van der Waals surface area contributed by atoms with E-state index in [1.54, 1.807) is 0 Å². The van der Waals surface area contributed by atoms with Crippen LogP contribution in [0.25, 0.3) is 0 Å². The van der Waals surface area contributed by atoms with Gasteiger partial charge in [0, 0.05) is 5.41 Å². The van der Waals surface area contributed by atoms with Crippen LogP contribution in [0.4, 0.5) is 18.9 Å². The van der Waals surface area contributed by atoms with Crippen molar-refractivity contribution < 1.29 is 18.0 Å². The van der Waals surface area contributed by atoms with Crippen LogP contribution in [0.5, 0.6) is 0 Å². The predicted octanol–water partition coefficient (Wildman–Crippen LogP) is 4.21. The quantitative estimate of drug-likeness (QED) is 0.777. The molecule has 0 radical (unpaired) electrons. The SMILES string of the molecule is CC12CCC(C(=O)Nc3ccccc3C(F)(F)F)(c3nc(C#N)c(C#N)nc31)C2(C)C. The molecule has 2 aliphatic carbocycles. The van der Waals surface area contributed by atoms with Crippen molar-refractivity contribution in [2.75, 3.05) is 5.32 Å². The minimum atomic E-state index is -4.63. The van der Waals surface area contributed by atoms with Crippen LogP contribution in [0.1, 0.15) is 62.0 Å². The van der Waals surface area contributed by atoms with Crippen LogP contribution in [-0.4, -0.2) is 15.9 Å². The lowest BCUT2D eigenvalue weighted by molar-refractivity contribution is -0.137. The van der Waals surface area contributed by atoms with E-state index in [1.807, 2.05) is 32.9 Å². The highest BCUT2D eigenvalue weighted by Gasteiger charge is 2.73. The normalized spacial score (nSPS) is 25.4. The second-order valence-electron chi connectivity index (χ2n) is 8.70. The molecule has 4 rings (SSSR count). The molecule has 1 aromatic heterocycles. The van der Waals surface area contributed by atoms with E-state index in [4.69, 9.17) is 0 Å². The van der Waals surface area contributed by atoms with E-state index in [1.165, 1.54) is 18.2 Å². The number of para-hydroxylation sites is 1. The van der Waals surface area contributed by atoms with Crippen molar-refractivity contribution in [2.24, 2.45) is 5.41 Å². The standard InChI is InChI=1S/C22H18F3N5O/c1-19(2)20(3)8-9-21(19,17-16(20)28-14(10-26)15(11-27)29-17)18(31)30-13-7-5-4-6-12(13)22(23,24)25/h4-7H,8-9H2,1-3H3,(H,30,31). The number of carbonyl (C=O) groups is 1. The number of hydrogen-bond acceptors (Lipinski definition) is 5. The van der Waals surface area contributed by atoms with E-state index in [2.05, 4.69) is 15.3 Å². The summed E-state index contributed by atoms with van der Waals surface area (Å²) in [5.41, 5.74) is -3.56. The van der Waals surface area contributed by atoms with Gasteiger partial charge in [-0.15, -0.1) is 0 Å². The van der Waals surface area contributed by atoms with Gasteiger partial charge in [0.05, 0.1) is 28.1 Å². The third kappa shape index (κ3) is 2.46. The molecule has 2 unspecified atom stereocenters. The van der Waals surface area contributed by atoms with Gasteiger partial charge in [0.15, 0.2) is 11.4 Å². The Hall–Kier alpha value is -3.46. The number of aromatic nitrogens is 2. The first-order chi connectivity index (χ1) is 14.4. The number of rotatable bonds is 2. The highest BCUT2D eigenvalue weighted by molar-refractivity contribution is 6.02. The Morgan fingerprint density at radius 3 is 2.19 bits per heavy atom.